The van der Waals surface area contributed by atoms with Crippen molar-refractivity contribution in [3.8, 4) is 0 Å². The summed E-state index contributed by atoms with van der Waals surface area (Å²) in [6.45, 7) is 11.8. The van der Waals surface area contributed by atoms with E-state index in [4.69, 9.17) is 0 Å². The zero-order valence-corrected chi connectivity index (χ0v) is 11.7. The lowest BCUT2D eigenvalue weighted by molar-refractivity contribution is 0.374. The van der Waals surface area contributed by atoms with Crippen LogP contribution in [-0.2, 0) is 13.0 Å². The van der Waals surface area contributed by atoms with Gasteiger partial charge in [-0.1, -0.05) is 13.8 Å². The third-order valence-corrected chi connectivity index (χ3v) is 3.82. The normalized spacial score (nSPS) is 12.0. The summed E-state index contributed by atoms with van der Waals surface area (Å²) in [6.07, 6.45) is 1.15. The zero-order valence-electron chi connectivity index (χ0n) is 10.9. The van der Waals surface area contributed by atoms with Crippen molar-refractivity contribution in [3.63, 3.8) is 0 Å². The second-order valence-electron chi connectivity index (χ2n) is 4.74. The van der Waals surface area contributed by atoms with E-state index in [2.05, 4.69) is 50.5 Å². The Morgan fingerprint density at radius 3 is 2.44 bits per heavy atom. The Morgan fingerprint density at radius 1 is 1.19 bits per heavy atom. The molecule has 1 aromatic rings. The maximum absolute atomic E-state index is 3.51. The van der Waals surface area contributed by atoms with Crippen LogP contribution in [0.4, 0.5) is 0 Å². The van der Waals surface area contributed by atoms with Crippen LogP contribution in [-0.4, -0.2) is 18.6 Å². The Bertz CT molecular complexity index is 305. The molecule has 0 atom stereocenters. The summed E-state index contributed by atoms with van der Waals surface area (Å²) in [5, 5.41) is 6.98. The van der Waals surface area contributed by atoms with Crippen molar-refractivity contribution < 1.29 is 0 Å². The van der Waals surface area contributed by atoms with Crippen molar-refractivity contribution in [2.24, 2.45) is 0 Å². The van der Waals surface area contributed by atoms with E-state index >= 15 is 0 Å². The van der Waals surface area contributed by atoms with Crippen LogP contribution >= 0.6 is 11.3 Å². The maximum atomic E-state index is 3.51. The van der Waals surface area contributed by atoms with Crippen molar-refractivity contribution in [2.45, 2.75) is 46.2 Å². The monoisotopic (exact) mass is 240 g/mol. The van der Waals surface area contributed by atoms with Gasteiger partial charge in [-0.3, -0.25) is 0 Å². The molecule has 0 aliphatic rings. The SMILES string of the molecule is CCNC(C)(C)CNCc1ccc(CC)s1. The van der Waals surface area contributed by atoms with E-state index in [1.807, 2.05) is 11.3 Å². The van der Waals surface area contributed by atoms with Gasteiger partial charge in [-0.15, -0.1) is 11.3 Å². The first-order chi connectivity index (χ1) is 7.57. The van der Waals surface area contributed by atoms with Crippen molar-refractivity contribution in [3.05, 3.63) is 21.9 Å². The van der Waals surface area contributed by atoms with E-state index in [-0.39, 0.29) is 5.54 Å². The molecular formula is C13H24N2S. The summed E-state index contributed by atoms with van der Waals surface area (Å²) in [5.41, 5.74) is 0.180. The molecule has 0 saturated carbocycles. The van der Waals surface area contributed by atoms with Gasteiger partial charge in [-0.2, -0.15) is 0 Å². The first-order valence-corrected chi connectivity index (χ1v) is 6.92. The van der Waals surface area contributed by atoms with Gasteiger partial charge in [0.25, 0.3) is 0 Å². The van der Waals surface area contributed by atoms with E-state index in [0.29, 0.717) is 0 Å². The molecule has 0 unspecified atom stereocenters. The first kappa shape index (κ1) is 13.7. The smallest absolute Gasteiger partial charge is 0.0300 e. The topological polar surface area (TPSA) is 24.1 Å². The van der Waals surface area contributed by atoms with Crippen molar-refractivity contribution >= 4 is 11.3 Å². The number of thiophene rings is 1. The lowest BCUT2D eigenvalue weighted by Crippen LogP contribution is -2.47. The van der Waals surface area contributed by atoms with Crippen molar-refractivity contribution in [2.75, 3.05) is 13.1 Å². The van der Waals surface area contributed by atoms with Crippen LogP contribution in [0.5, 0.6) is 0 Å². The van der Waals surface area contributed by atoms with E-state index in [1.165, 1.54) is 9.75 Å². The van der Waals surface area contributed by atoms with E-state index in [1.54, 1.807) is 0 Å². The summed E-state index contributed by atoms with van der Waals surface area (Å²) < 4.78 is 0. The van der Waals surface area contributed by atoms with Gasteiger partial charge in [0.2, 0.25) is 0 Å². The fraction of sp³-hybridized carbons (Fsp3) is 0.692. The molecule has 0 amide bonds. The highest BCUT2D eigenvalue weighted by molar-refractivity contribution is 7.11. The molecule has 1 heterocycles. The molecule has 2 N–H and O–H groups in total. The summed E-state index contributed by atoms with van der Waals surface area (Å²) in [5.74, 6) is 0. The highest BCUT2D eigenvalue weighted by Crippen LogP contribution is 2.16. The molecule has 1 rings (SSSR count). The summed E-state index contributed by atoms with van der Waals surface area (Å²) in [4.78, 5) is 2.91. The van der Waals surface area contributed by atoms with Crippen LogP contribution in [0.25, 0.3) is 0 Å². The van der Waals surface area contributed by atoms with Gasteiger partial charge >= 0.3 is 0 Å². The standard InChI is InChI=1S/C13H24N2S/c1-5-11-7-8-12(16-11)9-14-10-13(3,4)15-6-2/h7-8,14-15H,5-6,9-10H2,1-4H3. The van der Waals surface area contributed by atoms with Crippen LogP contribution in [0.3, 0.4) is 0 Å². The molecule has 2 nitrogen and oxygen atoms in total. The summed E-state index contributed by atoms with van der Waals surface area (Å²) in [7, 11) is 0. The fourth-order valence-electron chi connectivity index (χ4n) is 1.75. The number of likely N-dealkylation sites (N-methyl/N-ethyl adjacent to an activating group) is 1. The van der Waals surface area contributed by atoms with Crippen LogP contribution < -0.4 is 10.6 Å². The molecule has 0 bridgehead atoms. The second-order valence-corrected chi connectivity index (χ2v) is 5.99. The Hall–Kier alpha value is -0.380. The summed E-state index contributed by atoms with van der Waals surface area (Å²) in [6, 6.07) is 4.47. The Labute approximate surface area is 103 Å². The molecule has 0 spiro atoms. The predicted molar refractivity (Wildman–Crippen MR) is 73.2 cm³/mol. The largest absolute Gasteiger partial charge is 0.311 e. The van der Waals surface area contributed by atoms with Gasteiger partial charge < -0.3 is 10.6 Å². The molecule has 3 heteroatoms. The third kappa shape index (κ3) is 4.64. The summed E-state index contributed by atoms with van der Waals surface area (Å²) >= 11 is 1.91. The lowest BCUT2D eigenvalue weighted by Gasteiger charge is -2.25. The number of hydrogen-bond donors (Lipinski definition) is 2. The number of aryl methyl sites for hydroxylation is 1. The Morgan fingerprint density at radius 2 is 1.88 bits per heavy atom. The van der Waals surface area contributed by atoms with E-state index in [9.17, 15) is 0 Å². The minimum Gasteiger partial charge on any atom is -0.311 e. The Balaban J connectivity index is 2.29. The predicted octanol–water partition coefficient (Wildman–Crippen LogP) is 2.79. The minimum absolute atomic E-state index is 0.180. The molecule has 0 radical (unpaired) electrons. The number of hydrogen-bond acceptors (Lipinski definition) is 3. The molecule has 1 aromatic heterocycles. The highest BCUT2D eigenvalue weighted by atomic mass is 32.1. The first-order valence-electron chi connectivity index (χ1n) is 6.10. The van der Waals surface area contributed by atoms with Gasteiger partial charge in [0.05, 0.1) is 0 Å². The molecule has 0 aliphatic heterocycles. The highest BCUT2D eigenvalue weighted by Gasteiger charge is 2.14. The van der Waals surface area contributed by atoms with Gasteiger partial charge in [0, 0.05) is 28.4 Å². The van der Waals surface area contributed by atoms with Crippen molar-refractivity contribution in [1.29, 1.82) is 0 Å². The van der Waals surface area contributed by atoms with Gasteiger partial charge in [-0.05, 0) is 38.9 Å². The van der Waals surface area contributed by atoms with Gasteiger partial charge in [-0.25, -0.2) is 0 Å². The number of rotatable bonds is 7. The molecule has 92 valence electrons. The molecule has 0 aromatic carbocycles. The zero-order chi connectivity index (χ0) is 12.0. The number of nitrogens with one attached hydrogen (secondary N) is 2. The molecule has 0 aliphatic carbocycles. The van der Waals surface area contributed by atoms with Crippen LogP contribution in [0.1, 0.15) is 37.4 Å². The lowest BCUT2D eigenvalue weighted by atomic mass is 10.1. The van der Waals surface area contributed by atoms with E-state index < -0.39 is 0 Å². The van der Waals surface area contributed by atoms with Gasteiger partial charge in [0.15, 0.2) is 0 Å². The third-order valence-electron chi connectivity index (χ3n) is 2.59. The average Bonchev–Trinajstić information content (AvgIpc) is 2.65. The van der Waals surface area contributed by atoms with Crippen LogP contribution in [0.15, 0.2) is 12.1 Å². The van der Waals surface area contributed by atoms with Crippen LogP contribution in [0.2, 0.25) is 0 Å². The second kappa shape index (κ2) is 6.38. The van der Waals surface area contributed by atoms with Gasteiger partial charge in [0.1, 0.15) is 0 Å². The quantitative estimate of drug-likeness (QED) is 0.766. The van der Waals surface area contributed by atoms with Crippen LogP contribution in [0, 0.1) is 0 Å². The fourth-order valence-corrected chi connectivity index (χ4v) is 2.67. The maximum Gasteiger partial charge on any atom is 0.0300 e. The molecule has 0 fully saturated rings. The average molecular weight is 240 g/mol. The Kier molecular flexibility index (Phi) is 5.46. The molecular weight excluding hydrogens is 216 g/mol. The molecule has 16 heavy (non-hydrogen) atoms. The van der Waals surface area contributed by atoms with E-state index in [0.717, 1.165) is 26.1 Å². The molecule has 0 saturated heterocycles. The minimum atomic E-state index is 0.180. The van der Waals surface area contributed by atoms with Crippen molar-refractivity contribution in [1.82, 2.24) is 10.6 Å².